The minimum absolute atomic E-state index is 0.00828. The van der Waals surface area contributed by atoms with E-state index < -0.39 is 6.04 Å². The molecule has 1 amide bonds. The van der Waals surface area contributed by atoms with Crippen molar-refractivity contribution >= 4 is 11.9 Å². The van der Waals surface area contributed by atoms with Gasteiger partial charge in [0.25, 0.3) is 0 Å². The molecule has 0 aliphatic carbocycles. The number of amides is 1. The van der Waals surface area contributed by atoms with Crippen LogP contribution in [-0.2, 0) is 20.9 Å². The van der Waals surface area contributed by atoms with Crippen LogP contribution >= 0.6 is 0 Å². The van der Waals surface area contributed by atoms with Crippen LogP contribution < -0.4 is 0 Å². The summed E-state index contributed by atoms with van der Waals surface area (Å²) < 4.78 is 6.72. The molecule has 2 heterocycles. The molecule has 1 aromatic heterocycles. The summed E-state index contributed by atoms with van der Waals surface area (Å²) in [6.45, 7) is 3.31. The van der Waals surface area contributed by atoms with Crippen molar-refractivity contribution in [2.24, 2.45) is 0 Å². The summed E-state index contributed by atoms with van der Waals surface area (Å²) in [7, 11) is 0. The van der Waals surface area contributed by atoms with Gasteiger partial charge in [-0.3, -0.25) is 9.48 Å². The van der Waals surface area contributed by atoms with Gasteiger partial charge in [0.05, 0.1) is 6.61 Å². The van der Waals surface area contributed by atoms with E-state index in [1.54, 1.807) is 22.7 Å². The topological polar surface area (TPSA) is 64.4 Å². The van der Waals surface area contributed by atoms with Gasteiger partial charge in [0, 0.05) is 31.9 Å². The van der Waals surface area contributed by atoms with Crippen LogP contribution in [0.25, 0.3) is 0 Å². The summed E-state index contributed by atoms with van der Waals surface area (Å²) in [6, 6.07) is 1.42. The summed E-state index contributed by atoms with van der Waals surface area (Å²) in [4.78, 5) is 25.5. The van der Waals surface area contributed by atoms with E-state index in [-0.39, 0.29) is 11.9 Å². The Balaban J connectivity index is 1.88. The zero-order valence-corrected chi connectivity index (χ0v) is 11.1. The lowest BCUT2D eigenvalue weighted by Crippen LogP contribution is -2.41. The largest absolute Gasteiger partial charge is 0.464 e. The third-order valence-corrected chi connectivity index (χ3v) is 3.25. The highest BCUT2D eigenvalue weighted by atomic mass is 16.5. The molecule has 1 aliphatic rings. The first-order chi connectivity index (χ1) is 9.22. The van der Waals surface area contributed by atoms with E-state index in [4.69, 9.17) is 4.74 Å². The molecule has 0 saturated carbocycles. The van der Waals surface area contributed by atoms with E-state index in [1.165, 1.54) is 0 Å². The number of esters is 1. The molecule has 1 unspecified atom stereocenters. The van der Waals surface area contributed by atoms with E-state index in [0.29, 0.717) is 32.5 Å². The van der Waals surface area contributed by atoms with Crippen molar-refractivity contribution in [1.29, 1.82) is 0 Å². The molecule has 1 fully saturated rings. The van der Waals surface area contributed by atoms with Crippen molar-refractivity contribution in [2.75, 3.05) is 13.2 Å². The Morgan fingerprint density at radius 2 is 2.32 bits per heavy atom. The number of nitrogens with zero attached hydrogens (tertiary/aromatic N) is 3. The first-order valence-electron chi connectivity index (χ1n) is 6.66. The molecule has 19 heavy (non-hydrogen) atoms. The Morgan fingerprint density at radius 3 is 3.00 bits per heavy atom. The van der Waals surface area contributed by atoms with Crippen LogP contribution in [0.1, 0.15) is 26.2 Å². The molecule has 0 radical (unpaired) electrons. The van der Waals surface area contributed by atoms with Gasteiger partial charge in [-0.25, -0.2) is 4.79 Å². The van der Waals surface area contributed by atoms with Gasteiger partial charge in [-0.05, 0) is 25.8 Å². The SMILES string of the molecule is CCOC(=O)C1CCCN1C(=O)CCn1cccn1. The van der Waals surface area contributed by atoms with E-state index in [0.717, 1.165) is 6.42 Å². The van der Waals surface area contributed by atoms with E-state index in [2.05, 4.69) is 5.10 Å². The minimum Gasteiger partial charge on any atom is -0.464 e. The van der Waals surface area contributed by atoms with Crippen LogP contribution in [0, 0.1) is 0 Å². The zero-order valence-electron chi connectivity index (χ0n) is 11.1. The van der Waals surface area contributed by atoms with Crippen LogP contribution in [0.3, 0.4) is 0 Å². The highest BCUT2D eigenvalue weighted by Gasteiger charge is 2.34. The lowest BCUT2D eigenvalue weighted by atomic mass is 10.2. The van der Waals surface area contributed by atoms with Crippen molar-refractivity contribution < 1.29 is 14.3 Å². The average molecular weight is 265 g/mol. The fourth-order valence-corrected chi connectivity index (χ4v) is 2.34. The van der Waals surface area contributed by atoms with Crippen LogP contribution in [0.5, 0.6) is 0 Å². The maximum absolute atomic E-state index is 12.1. The number of ether oxygens (including phenoxy) is 1. The van der Waals surface area contributed by atoms with Crippen molar-refractivity contribution in [1.82, 2.24) is 14.7 Å². The average Bonchev–Trinajstić information content (AvgIpc) is 3.07. The molecule has 0 N–H and O–H groups in total. The number of carbonyl (C=O) groups is 2. The molecule has 1 aromatic rings. The fourth-order valence-electron chi connectivity index (χ4n) is 2.34. The maximum atomic E-state index is 12.1. The first kappa shape index (κ1) is 13.6. The van der Waals surface area contributed by atoms with Gasteiger partial charge in [0.2, 0.25) is 5.91 Å². The van der Waals surface area contributed by atoms with Crippen LogP contribution in [0.2, 0.25) is 0 Å². The second-order valence-electron chi connectivity index (χ2n) is 4.52. The van der Waals surface area contributed by atoms with Gasteiger partial charge < -0.3 is 9.64 Å². The molecule has 0 spiro atoms. The predicted octanol–water partition coefficient (Wildman–Crippen LogP) is 0.827. The summed E-state index contributed by atoms with van der Waals surface area (Å²) in [5.74, 6) is -0.293. The quantitative estimate of drug-likeness (QED) is 0.740. The maximum Gasteiger partial charge on any atom is 0.328 e. The lowest BCUT2D eigenvalue weighted by molar-refractivity contribution is -0.153. The zero-order chi connectivity index (χ0) is 13.7. The first-order valence-corrected chi connectivity index (χ1v) is 6.66. The van der Waals surface area contributed by atoms with Crippen LogP contribution in [0.15, 0.2) is 18.5 Å². The van der Waals surface area contributed by atoms with Gasteiger partial charge >= 0.3 is 5.97 Å². The fraction of sp³-hybridized carbons (Fsp3) is 0.615. The van der Waals surface area contributed by atoms with Crippen LogP contribution in [0.4, 0.5) is 0 Å². The second kappa shape index (κ2) is 6.36. The molecule has 104 valence electrons. The van der Waals surface area contributed by atoms with Gasteiger partial charge in [-0.2, -0.15) is 5.10 Å². The molecule has 6 nitrogen and oxygen atoms in total. The van der Waals surface area contributed by atoms with E-state index in [9.17, 15) is 9.59 Å². The predicted molar refractivity (Wildman–Crippen MR) is 68.2 cm³/mol. The minimum atomic E-state index is -0.398. The van der Waals surface area contributed by atoms with Crippen molar-refractivity contribution in [3.63, 3.8) is 0 Å². The second-order valence-corrected chi connectivity index (χ2v) is 4.52. The van der Waals surface area contributed by atoms with Crippen LogP contribution in [-0.4, -0.2) is 45.8 Å². The molecule has 1 aliphatic heterocycles. The third kappa shape index (κ3) is 3.33. The number of hydrogen-bond donors (Lipinski definition) is 0. The number of aromatic nitrogens is 2. The van der Waals surface area contributed by atoms with Gasteiger partial charge in [-0.1, -0.05) is 0 Å². The van der Waals surface area contributed by atoms with E-state index >= 15 is 0 Å². The van der Waals surface area contributed by atoms with Crippen molar-refractivity contribution in [2.45, 2.75) is 38.8 Å². The Bertz CT molecular complexity index is 430. The summed E-state index contributed by atoms with van der Waals surface area (Å²) >= 11 is 0. The molecule has 0 bridgehead atoms. The summed E-state index contributed by atoms with van der Waals surface area (Å²) in [5.41, 5.74) is 0. The molecule has 0 aromatic carbocycles. The number of carbonyl (C=O) groups excluding carboxylic acids is 2. The van der Waals surface area contributed by atoms with Gasteiger partial charge in [-0.15, -0.1) is 0 Å². The number of rotatable bonds is 5. The molecular formula is C13H19N3O3. The summed E-state index contributed by atoms with van der Waals surface area (Å²) in [5, 5.41) is 4.05. The molecule has 6 heteroatoms. The third-order valence-electron chi connectivity index (χ3n) is 3.25. The Labute approximate surface area is 112 Å². The lowest BCUT2D eigenvalue weighted by Gasteiger charge is -2.23. The monoisotopic (exact) mass is 265 g/mol. The Kier molecular flexibility index (Phi) is 4.54. The molecule has 1 atom stereocenters. The highest BCUT2D eigenvalue weighted by Crippen LogP contribution is 2.19. The Hall–Kier alpha value is -1.85. The number of likely N-dealkylation sites (tertiary alicyclic amines) is 1. The summed E-state index contributed by atoms with van der Waals surface area (Å²) in [6.07, 6.45) is 5.42. The number of aryl methyl sites for hydroxylation is 1. The van der Waals surface area contributed by atoms with Gasteiger partial charge in [0.15, 0.2) is 0 Å². The van der Waals surface area contributed by atoms with E-state index in [1.807, 2.05) is 12.3 Å². The number of hydrogen-bond acceptors (Lipinski definition) is 4. The molecular weight excluding hydrogens is 246 g/mol. The smallest absolute Gasteiger partial charge is 0.328 e. The van der Waals surface area contributed by atoms with Gasteiger partial charge in [0.1, 0.15) is 6.04 Å². The standard InChI is InChI=1S/C13H19N3O3/c1-2-19-13(18)11-5-3-9-16(11)12(17)6-10-15-8-4-7-14-15/h4,7-8,11H,2-3,5-6,9-10H2,1H3. The highest BCUT2D eigenvalue weighted by molar-refractivity contribution is 5.85. The Morgan fingerprint density at radius 1 is 1.47 bits per heavy atom. The van der Waals surface area contributed by atoms with Crippen molar-refractivity contribution in [3.8, 4) is 0 Å². The molecule has 2 rings (SSSR count). The molecule has 1 saturated heterocycles. The van der Waals surface area contributed by atoms with Crippen molar-refractivity contribution in [3.05, 3.63) is 18.5 Å². The normalized spacial score (nSPS) is 18.6.